The highest BCUT2D eigenvalue weighted by atomic mass is 16.3. The van der Waals surface area contributed by atoms with Gasteiger partial charge in [-0.2, -0.15) is 0 Å². The Morgan fingerprint density at radius 2 is 0.841 bits per heavy atom. The largest absolute Gasteiger partial charge is 0.456 e. The quantitative estimate of drug-likeness (QED) is 0.159. The van der Waals surface area contributed by atoms with Crippen LogP contribution in [0.1, 0.15) is 0 Å². The van der Waals surface area contributed by atoms with E-state index in [4.69, 9.17) is 23.8 Å². The number of benzene rings is 10. The highest BCUT2D eigenvalue weighted by Crippen LogP contribution is 2.45. The molecule has 4 aromatic heterocycles. The summed E-state index contributed by atoms with van der Waals surface area (Å²) in [5, 5.41) is 6.56. The Morgan fingerprint density at radius 3 is 1.61 bits per heavy atom. The maximum atomic E-state index is 6.94. The first kappa shape index (κ1) is 38.8. The average Bonchev–Trinajstić information content (AvgIpc) is 4.10. The fourth-order valence-electron chi connectivity index (χ4n) is 10.3. The topological polar surface area (TPSA) is 69.9 Å². The van der Waals surface area contributed by atoms with Crippen molar-refractivity contribution in [3.63, 3.8) is 0 Å². The zero-order valence-electron chi connectivity index (χ0n) is 37.0. The molecule has 69 heavy (non-hydrogen) atoms. The molecule has 14 rings (SSSR count). The molecule has 0 aliphatic rings. The molecule has 0 unspecified atom stereocenters. The molecular weight excluding hydrogens is 845 g/mol. The van der Waals surface area contributed by atoms with Gasteiger partial charge in [0.15, 0.2) is 23.1 Å². The van der Waals surface area contributed by atoms with Crippen LogP contribution in [0.4, 0.5) is 0 Å². The number of rotatable bonds is 7. The molecule has 0 atom stereocenters. The SMILES string of the molecule is c1ccc(-c2ccc3c(c2)c2ccccc2n3-c2c(-c3ccc4oc5cccc(-c6cccc(-c7nc(-c8ccccc8)nc(-c8ccccc8)n7)c6)c5c4c3)ccc3c2oc2ccccc23)cc1. The van der Waals surface area contributed by atoms with Gasteiger partial charge in [-0.25, -0.2) is 15.0 Å². The molecule has 0 amide bonds. The molecule has 10 aromatic carbocycles. The lowest BCUT2D eigenvalue weighted by Gasteiger charge is -2.15. The molecule has 0 aliphatic carbocycles. The first-order valence-electron chi connectivity index (χ1n) is 23.2. The maximum Gasteiger partial charge on any atom is 0.164 e. The minimum absolute atomic E-state index is 0.603. The van der Waals surface area contributed by atoms with E-state index in [2.05, 4.69) is 168 Å². The summed E-state index contributed by atoms with van der Waals surface area (Å²) in [6.07, 6.45) is 0. The summed E-state index contributed by atoms with van der Waals surface area (Å²) >= 11 is 0. The van der Waals surface area contributed by atoms with Gasteiger partial charge in [0, 0.05) is 54.6 Å². The number of para-hydroxylation sites is 2. The molecule has 0 saturated heterocycles. The van der Waals surface area contributed by atoms with E-state index >= 15 is 0 Å². The third kappa shape index (κ3) is 6.38. The number of furan rings is 2. The Hall–Kier alpha value is -9.39. The Balaban J connectivity index is 0.965. The second-order valence-corrected chi connectivity index (χ2v) is 17.5. The fraction of sp³-hybridized carbons (Fsp3) is 0. The van der Waals surface area contributed by atoms with E-state index in [1.807, 2.05) is 66.7 Å². The van der Waals surface area contributed by atoms with E-state index in [-0.39, 0.29) is 0 Å². The summed E-state index contributed by atoms with van der Waals surface area (Å²) in [5.74, 6) is 1.85. The number of aromatic nitrogens is 4. The van der Waals surface area contributed by atoms with E-state index in [0.717, 1.165) is 99.5 Å². The molecule has 0 bridgehead atoms. The second-order valence-electron chi connectivity index (χ2n) is 17.5. The highest BCUT2D eigenvalue weighted by Gasteiger charge is 2.24. The predicted octanol–water partition coefficient (Wildman–Crippen LogP) is 16.8. The highest BCUT2D eigenvalue weighted by molar-refractivity contribution is 6.17. The van der Waals surface area contributed by atoms with Gasteiger partial charge in [-0.1, -0.05) is 176 Å². The average molecular weight is 883 g/mol. The zero-order valence-corrected chi connectivity index (χ0v) is 37.0. The molecule has 0 aliphatic heterocycles. The Bertz CT molecular complexity index is 4250. The van der Waals surface area contributed by atoms with E-state index < -0.39 is 0 Å². The van der Waals surface area contributed by atoms with Gasteiger partial charge in [0.05, 0.1) is 16.7 Å². The summed E-state index contributed by atoms with van der Waals surface area (Å²) < 4.78 is 16.0. The van der Waals surface area contributed by atoms with Crippen molar-refractivity contribution >= 4 is 65.7 Å². The van der Waals surface area contributed by atoms with Crippen LogP contribution in [0.25, 0.3) is 139 Å². The first-order chi connectivity index (χ1) is 34.2. The van der Waals surface area contributed by atoms with Crippen LogP contribution in [0.5, 0.6) is 0 Å². The molecule has 6 heteroatoms. The number of hydrogen-bond donors (Lipinski definition) is 0. The van der Waals surface area contributed by atoms with Crippen LogP contribution in [0.15, 0.2) is 239 Å². The van der Waals surface area contributed by atoms with Gasteiger partial charge in [-0.15, -0.1) is 0 Å². The fourth-order valence-corrected chi connectivity index (χ4v) is 10.3. The predicted molar refractivity (Wildman–Crippen MR) is 281 cm³/mol. The van der Waals surface area contributed by atoms with Crippen LogP contribution in [-0.2, 0) is 0 Å². The normalized spacial score (nSPS) is 11.8. The van der Waals surface area contributed by atoms with Crippen LogP contribution in [0, 0.1) is 0 Å². The Kier molecular flexibility index (Phi) is 8.79. The molecule has 6 nitrogen and oxygen atoms in total. The van der Waals surface area contributed by atoms with Gasteiger partial charge in [0.1, 0.15) is 16.7 Å². The number of hydrogen-bond acceptors (Lipinski definition) is 5. The summed E-state index contributed by atoms with van der Waals surface area (Å²) in [6, 6.07) is 80.4. The summed E-state index contributed by atoms with van der Waals surface area (Å²) in [4.78, 5) is 15.0. The minimum atomic E-state index is 0.603. The van der Waals surface area contributed by atoms with Crippen molar-refractivity contribution in [3.8, 4) is 73.2 Å². The number of fused-ring (bicyclic) bond motifs is 9. The van der Waals surface area contributed by atoms with Gasteiger partial charge in [0.2, 0.25) is 0 Å². The molecule has 0 radical (unpaired) electrons. The van der Waals surface area contributed by atoms with Crippen molar-refractivity contribution in [1.82, 2.24) is 19.5 Å². The zero-order chi connectivity index (χ0) is 45.4. The molecular formula is C63H38N4O2. The van der Waals surface area contributed by atoms with Crippen LogP contribution < -0.4 is 0 Å². The molecule has 4 heterocycles. The van der Waals surface area contributed by atoms with Gasteiger partial charge in [0.25, 0.3) is 0 Å². The number of nitrogens with zero attached hydrogens (tertiary/aromatic N) is 4. The van der Waals surface area contributed by atoms with Crippen molar-refractivity contribution in [1.29, 1.82) is 0 Å². The van der Waals surface area contributed by atoms with Crippen molar-refractivity contribution in [3.05, 3.63) is 231 Å². The summed E-state index contributed by atoms with van der Waals surface area (Å²) in [5.41, 5.74) is 15.8. The van der Waals surface area contributed by atoms with Crippen LogP contribution in [-0.4, -0.2) is 19.5 Å². The van der Waals surface area contributed by atoms with Crippen molar-refractivity contribution in [2.45, 2.75) is 0 Å². The van der Waals surface area contributed by atoms with Crippen LogP contribution in [0.3, 0.4) is 0 Å². The summed E-state index contributed by atoms with van der Waals surface area (Å²) in [6.45, 7) is 0. The molecule has 0 spiro atoms. The Morgan fingerprint density at radius 1 is 0.290 bits per heavy atom. The van der Waals surface area contributed by atoms with E-state index in [1.165, 1.54) is 21.9 Å². The lowest BCUT2D eigenvalue weighted by atomic mass is 9.95. The molecule has 0 N–H and O–H groups in total. The van der Waals surface area contributed by atoms with Crippen molar-refractivity contribution in [2.24, 2.45) is 0 Å². The Labute approximate surface area is 396 Å². The molecule has 0 fully saturated rings. The molecule has 14 aromatic rings. The summed E-state index contributed by atoms with van der Waals surface area (Å²) in [7, 11) is 0. The standard InChI is InChI=1S/C63H38N4O2/c1-4-16-39(17-5-1)42-30-34-54-51(37-42)48-24-10-12-27-53(48)67(54)59-47(32-33-50-49-25-11-13-28-55(49)69-60(50)59)44-31-35-56-52(38-44)58-46(26-15-29-57(58)68-56)43-22-14-23-45(36-43)63-65-61(40-18-6-2-7-19-40)64-62(66-63)41-20-8-3-9-21-41/h1-38H. The minimum Gasteiger partial charge on any atom is -0.456 e. The van der Waals surface area contributed by atoms with Gasteiger partial charge < -0.3 is 13.4 Å². The van der Waals surface area contributed by atoms with Crippen molar-refractivity contribution < 1.29 is 8.83 Å². The second kappa shape index (κ2) is 15.6. The van der Waals surface area contributed by atoms with E-state index in [9.17, 15) is 0 Å². The van der Waals surface area contributed by atoms with Gasteiger partial charge in [-0.05, 0) is 82.4 Å². The lowest BCUT2D eigenvalue weighted by Crippen LogP contribution is -2.00. The van der Waals surface area contributed by atoms with Gasteiger partial charge in [-0.3, -0.25) is 0 Å². The smallest absolute Gasteiger partial charge is 0.164 e. The maximum absolute atomic E-state index is 6.94. The first-order valence-corrected chi connectivity index (χ1v) is 23.2. The third-order valence-corrected chi connectivity index (χ3v) is 13.5. The van der Waals surface area contributed by atoms with Crippen LogP contribution >= 0.6 is 0 Å². The molecule has 322 valence electrons. The third-order valence-electron chi connectivity index (χ3n) is 13.5. The van der Waals surface area contributed by atoms with Gasteiger partial charge >= 0.3 is 0 Å². The monoisotopic (exact) mass is 882 g/mol. The molecule has 0 saturated carbocycles. The lowest BCUT2D eigenvalue weighted by molar-refractivity contribution is 0.666. The van der Waals surface area contributed by atoms with E-state index in [0.29, 0.717) is 17.5 Å². The van der Waals surface area contributed by atoms with Crippen LogP contribution in [0.2, 0.25) is 0 Å². The van der Waals surface area contributed by atoms with Crippen molar-refractivity contribution in [2.75, 3.05) is 0 Å². The van der Waals surface area contributed by atoms with E-state index in [1.54, 1.807) is 0 Å².